The van der Waals surface area contributed by atoms with Crippen LogP contribution in [-0.2, 0) is 4.43 Å². The van der Waals surface area contributed by atoms with Crippen molar-refractivity contribution in [3.05, 3.63) is 0 Å². The standard InChI is InChI=1S/C7H20N2OSi/c1-2-10-11(7-5-9)6-3-4-8/h11H,2-9H2,1H3. The van der Waals surface area contributed by atoms with Gasteiger partial charge in [0.1, 0.15) is 0 Å². The summed E-state index contributed by atoms with van der Waals surface area (Å²) in [7, 11) is -0.956. The largest absolute Gasteiger partial charge is 0.420 e. The van der Waals surface area contributed by atoms with Crippen molar-refractivity contribution < 1.29 is 4.43 Å². The van der Waals surface area contributed by atoms with Crippen LogP contribution in [0.3, 0.4) is 0 Å². The third kappa shape index (κ3) is 6.49. The fraction of sp³-hybridized carbons (Fsp3) is 1.00. The first-order chi connectivity index (χ1) is 5.35. The molecule has 0 aliphatic carbocycles. The van der Waals surface area contributed by atoms with E-state index in [4.69, 9.17) is 15.9 Å². The van der Waals surface area contributed by atoms with E-state index in [0.717, 1.165) is 32.2 Å². The fourth-order valence-corrected chi connectivity index (χ4v) is 3.23. The van der Waals surface area contributed by atoms with E-state index in [1.807, 2.05) is 6.92 Å². The van der Waals surface area contributed by atoms with E-state index in [-0.39, 0.29) is 0 Å². The minimum Gasteiger partial charge on any atom is -0.420 e. The summed E-state index contributed by atoms with van der Waals surface area (Å²) in [5.74, 6) is 0. The van der Waals surface area contributed by atoms with Crippen LogP contribution in [0, 0.1) is 0 Å². The molecule has 0 saturated heterocycles. The molecule has 0 aliphatic heterocycles. The summed E-state index contributed by atoms with van der Waals surface area (Å²) in [5.41, 5.74) is 10.9. The lowest BCUT2D eigenvalue weighted by Gasteiger charge is -2.12. The van der Waals surface area contributed by atoms with Crippen LogP contribution in [0.2, 0.25) is 12.1 Å². The van der Waals surface area contributed by atoms with Crippen LogP contribution in [0.15, 0.2) is 0 Å². The van der Waals surface area contributed by atoms with Gasteiger partial charge in [-0.3, -0.25) is 0 Å². The molecule has 0 amide bonds. The van der Waals surface area contributed by atoms with Crippen molar-refractivity contribution in [1.29, 1.82) is 0 Å². The molecule has 0 aromatic carbocycles. The minimum atomic E-state index is -0.956. The highest BCUT2D eigenvalue weighted by Gasteiger charge is 2.08. The zero-order valence-electron chi connectivity index (χ0n) is 7.38. The van der Waals surface area contributed by atoms with E-state index in [2.05, 4.69) is 0 Å². The van der Waals surface area contributed by atoms with Crippen molar-refractivity contribution in [1.82, 2.24) is 0 Å². The van der Waals surface area contributed by atoms with E-state index in [1.54, 1.807) is 0 Å². The van der Waals surface area contributed by atoms with Gasteiger partial charge in [0.2, 0.25) is 0 Å². The first-order valence-corrected chi connectivity index (χ1v) is 6.47. The molecule has 0 saturated carbocycles. The van der Waals surface area contributed by atoms with Gasteiger partial charge >= 0.3 is 0 Å². The van der Waals surface area contributed by atoms with Crippen molar-refractivity contribution in [2.45, 2.75) is 25.4 Å². The number of rotatable bonds is 7. The molecule has 0 aromatic rings. The normalized spacial score (nSPS) is 13.4. The second-order valence-corrected chi connectivity index (χ2v) is 5.32. The molecule has 68 valence electrons. The summed E-state index contributed by atoms with van der Waals surface area (Å²) in [4.78, 5) is 0. The van der Waals surface area contributed by atoms with Gasteiger partial charge in [-0.15, -0.1) is 0 Å². The van der Waals surface area contributed by atoms with Crippen LogP contribution in [0.1, 0.15) is 13.3 Å². The Hall–Kier alpha value is 0.0969. The third-order valence-electron chi connectivity index (χ3n) is 1.62. The van der Waals surface area contributed by atoms with Crippen molar-refractivity contribution in [3.8, 4) is 0 Å². The highest BCUT2D eigenvalue weighted by atomic mass is 28.3. The van der Waals surface area contributed by atoms with Gasteiger partial charge in [-0.05, 0) is 38.5 Å². The molecule has 3 nitrogen and oxygen atoms in total. The van der Waals surface area contributed by atoms with Crippen LogP contribution in [-0.4, -0.2) is 28.7 Å². The van der Waals surface area contributed by atoms with E-state index in [0.29, 0.717) is 0 Å². The Morgan fingerprint density at radius 3 is 2.36 bits per heavy atom. The number of hydrogen-bond donors (Lipinski definition) is 2. The lowest BCUT2D eigenvalue weighted by atomic mass is 10.5. The number of hydrogen-bond acceptors (Lipinski definition) is 3. The fourth-order valence-electron chi connectivity index (χ4n) is 1.08. The highest BCUT2D eigenvalue weighted by Crippen LogP contribution is 2.02. The molecule has 4 heteroatoms. The van der Waals surface area contributed by atoms with Crippen molar-refractivity contribution in [3.63, 3.8) is 0 Å². The van der Waals surface area contributed by atoms with Gasteiger partial charge in [-0.25, -0.2) is 0 Å². The summed E-state index contributed by atoms with van der Waals surface area (Å²) in [6.45, 7) is 4.42. The quantitative estimate of drug-likeness (QED) is 0.539. The average molecular weight is 176 g/mol. The van der Waals surface area contributed by atoms with Crippen molar-refractivity contribution >= 4 is 9.04 Å². The molecule has 0 fully saturated rings. The van der Waals surface area contributed by atoms with E-state index >= 15 is 0 Å². The molecular formula is C7H20N2OSi. The molecule has 4 N–H and O–H groups in total. The molecule has 0 aliphatic rings. The van der Waals surface area contributed by atoms with Crippen LogP contribution in [0.25, 0.3) is 0 Å². The van der Waals surface area contributed by atoms with Gasteiger partial charge in [0.05, 0.1) is 0 Å². The molecular weight excluding hydrogens is 156 g/mol. The summed E-state index contributed by atoms with van der Waals surface area (Å²) in [6, 6.07) is 2.27. The zero-order chi connectivity index (χ0) is 8.53. The Morgan fingerprint density at radius 1 is 1.18 bits per heavy atom. The summed E-state index contributed by atoms with van der Waals surface area (Å²) >= 11 is 0. The lowest BCUT2D eigenvalue weighted by molar-refractivity contribution is 0.340. The van der Waals surface area contributed by atoms with E-state index < -0.39 is 9.04 Å². The van der Waals surface area contributed by atoms with Gasteiger partial charge in [0.15, 0.2) is 9.04 Å². The first-order valence-electron chi connectivity index (χ1n) is 4.36. The van der Waals surface area contributed by atoms with Gasteiger partial charge in [-0.2, -0.15) is 0 Å². The summed E-state index contributed by atoms with van der Waals surface area (Å²) in [6.07, 6.45) is 1.09. The molecule has 0 bridgehead atoms. The SMILES string of the molecule is CCO[SiH](CCN)CCCN. The van der Waals surface area contributed by atoms with Gasteiger partial charge in [0.25, 0.3) is 0 Å². The highest BCUT2D eigenvalue weighted by molar-refractivity contribution is 6.51. The average Bonchev–Trinajstić information content (AvgIpc) is 2.01. The number of nitrogens with two attached hydrogens (primary N) is 2. The Balaban J connectivity index is 3.34. The minimum absolute atomic E-state index is 0.765. The first kappa shape index (κ1) is 11.1. The predicted octanol–water partition coefficient (Wildman–Crippen LogP) is 0.0542. The molecule has 0 spiro atoms. The third-order valence-corrected chi connectivity index (χ3v) is 4.46. The van der Waals surface area contributed by atoms with Crippen LogP contribution < -0.4 is 11.5 Å². The Bertz CT molecular complexity index is 76.8. The van der Waals surface area contributed by atoms with Crippen LogP contribution in [0.5, 0.6) is 0 Å². The van der Waals surface area contributed by atoms with Crippen molar-refractivity contribution in [2.75, 3.05) is 19.7 Å². The molecule has 0 aromatic heterocycles. The summed E-state index contributed by atoms with van der Waals surface area (Å²) in [5, 5.41) is 0. The van der Waals surface area contributed by atoms with E-state index in [9.17, 15) is 0 Å². The maximum Gasteiger partial charge on any atom is 0.178 e. The zero-order valence-corrected chi connectivity index (χ0v) is 8.54. The molecule has 0 radical (unpaired) electrons. The van der Waals surface area contributed by atoms with Gasteiger partial charge in [0, 0.05) is 6.61 Å². The van der Waals surface area contributed by atoms with Gasteiger partial charge < -0.3 is 15.9 Å². The maximum atomic E-state index is 5.59. The van der Waals surface area contributed by atoms with Crippen molar-refractivity contribution in [2.24, 2.45) is 11.5 Å². The molecule has 1 unspecified atom stereocenters. The Kier molecular flexibility index (Phi) is 8.27. The molecule has 1 atom stereocenters. The van der Waals surface area contributed by atoms with Crippen LogP contribution in [0.4, 0.5) is 0 Å². The summed E-state index contributed by atoms with van der Waals surface area (Å²) < 4.78 is 5.59. The molecule has 0 rings (SSSR count). The van der Waals surface area contributed by atoms with Crippen LogP contribution >= 0.6 is 0 Å². The maximum absolute atomic E-state index is 5.59. The molecule has 11 heavy (non-hydrogen) atoms. The smallest absolute Gasteiger partial charge is 0.178 e. The lowest BCUT2D eigenvalue weighted by Crippen LogP contribution is -2.22. The second kappa shape index (κ2) is 8.20. The Morgan fingerprint density at radius 2 is 1.91 bits per heavy atom. The topological polar surface area (TPSA) is 61.3 Å². The monoisotopic (exact) mass is 176 g/mol. The Labute approximate surface area is 70.8 Å². The second-order valence-electron chi connectivity index (χ2n) is 2.59. The van der Waals surface area contributed by atoms with Gasteiger partial charge in [-0.1, -0.05) is 0 Å². The predicted molar refractivity (Wildman–Crippen MR) is 51.1 cm³/mol. The molecule has 0 heterocycles. The van der Waals surface area contributed by atoms with E-state index in [1.165, 1.54) is 6.04 Å².